The molecule has 92 valence electrons. The minimum absolute atomic E-state index is 0.524. The molecule has 0 saturated heterocycles. The molecule has 0 radical (unpaired) electrons. The number of benzene rings is 1. The second kappa shape index (κ2) is 5.94. The van der Waals surface area contributed by atoms with Crippen LogP contribution in [0.2, 0.25) is 0 Å². The molecule has 3 N–H and O–H groups in total. The van der Waals surface area contributed by atoms with Gasteiger partial charge in [0.25, 0.3) is 0 Å². The zero-order valence-corrected chi connectivity index (χ0v) is 10.7. The predicted molar refractivity (Wildman–Crippen MR) is 71.1 cm³/mol. The van der Waals surface area contributed by atoms with Crippen LogP contribution in [0.5, 0.6) is 5.75 Å². The second-order valence-corrected chi connectivity index (χ2v) is 3.31. The SMILES string of the molecule is CC.COc1ccccc1-c1[nH]nc(N)c1C. The minimum Gasteiger partial charge on any atom is -0.496 e. The number of nitrogens with one attached hydrogen (secondary N) is 1. The van der Waals surface area contributed by atoms with Gasteiger partial charge in [0.2, 0.25) is 0 Å². The highest BCUT2D eigenvalue weighted by molar-refractivity contribution is 5.72. The third kappa shape index (κ3) is 2.58. The van der Waals surface area contributed by atoms with E-state index < -0.39 is 0 Å². The maximum Gasteiger partial charge on any atom is 0.148 e. The molecule has 0 spiro atoms. The van der Waals surface area contributed by atoms with Crippen molar-refractivity contribution >= 4 is 5.82 Å². The van der Waals surface area contributed by atoms with Gasteiger partial charge in [-0.25, -0.2) is 0 Å². The molecule has 1 heterocycles. The number of hydrogen-bond donors (Lipinski definition) is 2. The highest BCUT2D eigenvalue weighted by Crippen LogP contribution is 2.31. The zero-order valence-electron chi connectivity index (χ0n) is 10.7. The van der Waals surface area contributed by atoms with Crippen molar-refractivity contribution in [3.8, 4) is 17.0 Å². The summed E-state index contributed by atoms with van der Waals surface area (Å²) in [6.45, 7) is 5.93. The fourth-order valence-corrected chi connectivity index (χ4v) is 1.53. The van der Waals surface area contributed by atoms with Crippen LogP contribution >= 0.6 is 0 Å². The number of H-pyrrole nitrogens is 1. The van der Waals surface area contributed by atoms with Crippen LogP contribution in [0.4, 0.5) is 5.82 Å². The van der Waals surface area contributed by atoms with Gasteiger partial charge in [-0.15, -0.1) is 0 Å². The number of hydrogen-bond acceptors (Lipinski definition) is 3. The number of para-hydroxylation sites is 1. The lowest BCUT2D eigenvalue weighted by Crippen LogP contribution is -1.89. The van der Waals surface area contributed by atoms with Crippen molar-refractivity contribution in [1.29, 1.82) is 0 Å². The Balaban J connectivity index is 0.000000686. The Morgan fingerprint density at radius 3 is 2.41 bits per heavy atom. The summed E-state index contributed by atoms with van der Waals surface area (Å²) in [5, 5.41) is 6.87. The van der Waals surface area contributed by atoms with Gasteiger partial charge in [-0.05, 0) is 19.1 Å². The summed E-state index contributed by atoms with van der Waals surface area (Å²) in [7, 11) is 1.65. The molecule has 0 atom stereocenters. The van der Waals surface area contributed by atoms with Gasteiger partial charge >= 0.3 is 0 Å². The fourth-order valence-electron chi connectivity index (χ4n) is 1.53. The van der Waals surface area contributed by atoms with Crippen molar-refractivity contribution in [3.63, 3.8) is 0 Å². The van der Waals surface area contributed by atoms with Gasteiger partial charge in [0.05, 0.1) is 12.8 Å². The molecule has 0 amide bonds. The number of rotatable bonds is 2. The first kappa shape index (κ1) is 13.1. The Morgan fingerprint density at radius 1 is 1.24 bits per heavy atom. The Kier molecular flexibility index (Phi) is 4.57. The summed E-state index contributed by atoms with van der Waals surface area (Å²) >= 11 is 0. The molecule has 2 rings (SSSR count). The molecule has 0 saturated carbocycles. The molecule has 1 aromatic carbocycles. The van der Waals surface area contributed by atoms with Crippen molar-refractivity contribution in [2.45, 2.75) is 20.8 Å². The third-order valence-electron chi connectivity index (χ3n) is 2.42. The summed E-state index contributed by atoms with van der Waals surface area (Å²) < 4.78 is 5.28. The number of aromatic amines is 1. The highest BCUT2D eigenvalue weighted by Gasteiger charge is 2.11. The third-order valence-corrected chi connectivity index (χ3v) is 2.42. The minimum atomic E-state index is 0.524. The van der Waals surface area contributed by atoms with E-state index in [2.05, 4.69) is 10.2 Å². The molecule has 0 bridgehead atoms. The Hall–Kier alpha value is -1.97. The lowest BCUT2D eigenvalue weighted by molar-refractivity contribution is 0.416. The van der Waals surface area contributed by atoms with Crippen molar-refractivity contribution < 1.29 is 4.74 Å². The topological polar surface area (TPSA) is 63.9 Å². The van der Waals surface area contributed by atoms with E-state index in [1.807, 2.05) is 45.0 Å². The second-order valence-electron chi connectivity index (χ2n) is 3.31. The number of nitrogen functional groups attached to an aromatic ring is 1. The largest absolute Gasteiger partial charge is 0.496 e. The molecular weight excluding hydrogens is 214 g/mol. The van der Waals surface area contributed by atoms with Crippen LogP contribution in [0.15, 0.2) is 24.3 Å². The first-order valence-corrected chi connectivity index (χ1v) is 5.68. The lowest BCUT2D eigenvalue weighted by atomic mass is 10.1. The van der Waals surface area contributed by atoms with Crippen LogP contribution in [0.3, 0.4) is 0 Å². The van der Waals surface area contributed by atoms with Gasteiger partial charge in [-0.3, -0.25) is 5.10 Å². The number of ether oxygens (including phenoxy) is 1. The maximum absolute atomic E-state index is 5.69. The van der Waals surface area contributed by atoms with Crippen molar-refractivity contribution in [3.05, 3.63) is 29.8 Å². The number of nitrogens with two attached hydrogens (primary N) is 1. The molecule has 0 aliphatic carbocycles. The van der Waals surface area contributed by atoms with Crippen LogP contribution in [0, 0.1) is 6.92 Å². The van der Waals surface area contributed by atoms with E-state index in [1.54, 1.807) is 7.11 Å². The van der Waals surface area contributed by atoms with E-state index in [9.17, 15) is 0 Å². The number of methoxy groups -OCH3 is 1. The normalized spacial score (nSPS) is 9.41. The van der Waals surface area contributed by atoms with E-state index in [0.29, 0.717) is 5.82 Å². The summed E-state index contributed by atoms with van der Waals surface area (Å²) in [6.07, 6.45) is 0. The Bertz CT molecular complexity index is 477. The number of nitrogens with zero attached hydrogens (tertiary/aromatic N) is 1. The summed E-state index contributed by atoms with van der Waals surface area (Å²) in [5.41, 5.74) is 8.51. The number of aromatic nitrogens is 2. The molecule has 2 aromatic rings. The van der Waals surface area contributed by atoms with Crippen molar-refractivity contribution in [2.75, 3.05) is 12.8 Å². The van der Waals surface area contributed by atoms with Crippen LogP contribution in [0.25, 0.3) is 11.3 Å². The summed E-state index contributed by atoms with van der Waals surface area (Å²) in [5.74, 6) is 1.33. The summed E-state index contributed by atoms with van der Waals surface area (Å²) in [6, 6.07) is 7.76. The molecule has 4 nitrogen and oxygen atoms in total. The van der Waals surface area contributed by atoms with E-state index in [0.717, 1.165) is 22.6 Å². The average Bonchev–Trinajstić information content (AvgIpc) is 2.72. The van der Waals surface area contributed by atoms with Crippen LogP contribution in [-0.2, 0) is 0 Å². The molecule has 4 heteroatoms. The molecule has 0 aliphatic heterocycles. The summed E-state index contributed by atoms with van der Waals surface area (Å²) in [4.78, 5) is 0. The van der Waals surface area contributed by atoms with Gasteiger partial charge in [-0.1, -0.05) is 26.0 Å². The monoisotopic (exact) mass is 233 g/mol. The molecule has 0 unspecified atom stereocenters. The molecule has 0 aliphatic rings. The molecule has 1 aromatic heterocycles. The highest BCUT2D eigenvalue weighted by atomic mass is 16.5. The van der Waals surface area contributed by atoms with Gasteiger partial charge < -0.3 is 10.5 Å². The van der Waals surface area contributed by atoms with Crippen LogP contribution < -0.4 is 10.5 Å². The quantitative estimate of drug-likeness (QED) is 0.838. The molecule has 17 heavy (non-hydrogen) atoms. The molecular formula is C13H19N3O. The standard InChI is InChI=1S/C11H13N3O.C2H6/c1-7-10(13-14-11(7)12)8-5-3-4-6-9(8)15-2;1-2/h3-6H,1-2H3,(H3,12,13,14);1-2H3. The van der Waals surface area contributed by atoms with Crippen LogP contribution in [0.1, 0.15) is 19.4 Å². The van der Waals surface area contributed by atoms with E-state index in [-0.39, 0.29) is 0 Å². The number of anilines is 1. The molecule has 0 fully saturated rings. The van der Waals surface area contributed by atoms with E-state index in [1.165, 1.54) is 0 Å². The van der Waals surface area contributed by atoms with Crippen LogP contribution in [-0.4, -0.2) is 17.3 Å². The van der Waals surface area contributed by atoms with Gasteiger partial charge in [0, 0.05) is 11.1 Å². The van der Waals surface area contributed by atoms with E-state index >= 15 is 0 Å². The first-order chi connectivity index (χ1) is 8.24. The Labute approximate surface area is 102 Å². The van der Waals surface area contributed by atoms with Crippen molar-refractivity contribution in [2.24, 2.45) is 0 Å². The van der Waals surface area contributed by atoms with Gasteiger partial charge in [-0.2, -0.15) is 5.10 Å². The van der Waals surface area contributed by atoms with Gasteiger partial charge in [0.1, 0.15) is 11.6 Å². The lowest BCUT2D eigenvalue weighted by Gasteiger charge is -2.06. The smallest absolute Gasteiger partial charge is 0.148 e. The Morgan fingerprint density at radius 2 is 1.88 bits per heavy atom. The van der Waals surface area contributed by atoms with Gasteiger partial charge in [0.15, 0.2) is 0 Å². The first-order valence-electron chi connectivity index (χ1n) is 5.68. The van der Waals surface area contributed by atoms with E-state index in [4.69, 9.17) is 10.5 Å². The predicted octanol–water partition coefficient (Wildman–Crippen LogP) is 3.00. The average molecular weight is 233 g/mol. The fraction of sp³-hybridized carbons (Fsp3) is 0.308. The maximum atomic E-state index is 5.69. The van der Waals surface area contributed by atoms with Crippen molar-refractivity contribution in [1.82, 2.24) is 10.2 Å². The zero-order chi connectivity index (χ0) is 12.8.